The van der Waals surface area contributed by atoms with Crippen LogP contribution in [-0.2, 0) is 0 Å². The topological polar surface area (TPSA) is 58.1 Å². The molecule has 4 heteroatoms. The van der Waals surface area contributed by atoms with Crippen LogP contribution in [0.2, 0.25) is 0 Å². The molecule has 0 radical (unpaired) electrons. The average molecular weight is 316 g/mol. The molecule has 1 aromatic heterocycles. The van der Waals surface area contributed by atoms with Crippen LogP contribution in [0.3, 0.4) is 0 Å². The van der Waals surface area contributed by atoms with Crippen LogP contribution in [0.15, 0.2) is 66.7 Å². The predicted octanol–water partition coefficient (Wildman–Crippen LogP) is 4.61. The van der Waals surface area contributed by atoms with Crippen LogP contribution in [0.4, 0.5) is 0 Å². The van der Waals surface area contributed by atoms with Gasteiger partial charge in [0.1, 0.15) is 0 Å². The predicted molar refractivity (Wildman–Crippen MR) is 95.2 cm³/mol. The van der Waals surface area contributed by atoms with Crippen LogP contribution in [0.1, 0.15) is 0 Å². The molecule has 0 aliphatic carbocycles. The minimum atomic E-state index is 0.134. The van der Waals surface area contributed by atoms with Crippen molar-refractivity contribution in [2.24, 2.45) is 0 Å². The number of benzene rings is 3. The zero-order valence-electron chi connectivity index (χ0n) is 13.2. The number of fused-ring (bicyclic) bond motifs is 1. The molecule has 0 saturated heterocycles. The second-order valence-corrected chi connectivity index (χ2v) is 5.59. The highest BCUT2D eigenvalue weighted by Crippen LogP contribution is 2.34. The van der Waals surface area contributed by atoms with Gasteiger partial charge in [0.2, 0.25) is 0 Å². The molecule has 0 aliphatic rings. The molecule has 0 aliphatic heterocycles. The number of methoxy groups -OCH3 is 1. The van der Waals surface area contributed by atoms with Gasteiger partial charge >= 0.3 is 0 Å². The van der Waals surface area contributed by atoms with Crippen molar-refractivity contribution in [3.05, 3.63) is 66.7 Å². The lowest BCUT2D eigenvalue weighted by atomic mass is 10.0. The van der Waals surface area contributed by atoms with Gasteiger partial charge in [0.15, 0.2) is 11.5 Å². The smallest absolute Gasteiger partial charge is 0.161 e. The van der Waals surface area contributed by atoms with Gasteiger partial charge in [-0.25, -0.2) is 0 Å². The molecule has 3 aromatic carbocycles. The van der Waals surface area contributed by atoms with Gasteiger partial charge in [0.05, 0.1) is 18.3 Å². The Bertz CT molecular complexity index is 1010. The van der Waals surface area contributed by atoms with Gasteiger partial charge in [-0.15, -0.1) is 0 Å². The Hall–Kier alpha value is -3.27. The Kier molecular flexibility index (Phi) is 3.43. The van der Waals surface area contributed by atoms with E-state index < -0.39 is 0 Å². The van der Waals surface area contributed by atoms with E-state index in [4.69, 9.17) is 4.74 Å². The van der Waals surface area contributed by atoms with Crippen LogP contribution < -0.4 is 4.74 Å². The Balaban J connectivity index is 1.80. The third-order valence-corrected chi connectivity index (χ3v) is 4.12. The van der Waals surface area contributed by atoms with Crippen molar-refractivity contribution < 1.29 is 9.84 Å². The van der Waals surface area contributed by atoms with Gasteiger partial charge in [0.25, 0.3) is 0 Å². The molecule has 0 atom stereocenters. The van der Waals surface area contributed by atoms with E-state index in [9.17, 15) is 5.11 Å². The molecule has 0 spiro atoms. The van der Waals surface area contributed by atoms with E-state index in [2.05, 4.69) is 28.4 Å². The number of H-pyrrole nitrogens is 1. The highest BCUT2D eigenvalue weighted by molar-refractivity contribution is 5.95. The first-order chi connectivity index (χ1) is 11.8. The number of hydrogen-bond acceptors (Lipinski definition) is 3. The zero-order valence-corrected chi connectivity index (χ0v) is 13.2. The number of phenolic OH excluding ortho intramolecular Hbond substituents is 1. The second kappa shape index (κ2) is 5.74. The fraction of sp³-hybridized carbons (Fsp3) is 0.0500. The average Bonchev–Trinajstić information content (AvgIpc) is 3.06. The van der Waals surface area contributed by atoms with Crippen LogP contribution in [0.25, 0.3) is 33.3 Å². The van der Waals surface area contributed by atoms with Crippen molar-refractivity contribution >= 4 is 10.9 Å². The number of aromatic nitrogens is 2. The Labute approximate surface area is 139 Å². The Morgan fingerprint density at radius 1 is 0.875 bits per heavy atom. The zero-order chi connectivity index (χ0) is 16.5. The van der Waals surface area contributed by atoms with E-state index in [1.54, 1.807) is 13.2 Å². The van der Waals surface area contributed by atoms with Gasteiger partial charge in [-0.2, -0.15) is 5.10 Å². The van der Waals surface area contributed by atoms with Gasteiger partial charge < -0.3 is 9.84 Å². The SMILES string of the molecule is COc1cc(-c2ccc3c(-c4ccccc4)n[nH]c3c2)ccc1O. The summed E-state index contributed by atoms with van der Waals surface area (Å²) in [7, 11) is 1.54. The fourth-order valence-corrected chi connectivity index (χ4v) is 2.87. The van der Waals surface area contributed by atoms with E-state index in [-0.39, 0.29) is 5.75 Å². The number of nitrogens with one attached hydrogen (secondary N) is 1. The summed E-state index contributed by atoms with van der Waals surface area (Å²) in [4.78, 5) is 0. The number of nitrogens with zero attached hydrogens (tertiary/aromatic N) is 1. The first kappa shape index (κ1) is 14.3. The van der Waals surface area contributed by atoms with Crippen molar-refractivity contribution in [3.63, 3.8) is 0 Å². The summed E-state index contributed by atoms with van der Waals surface area (Å²) >= 11 is 0. The Morgan fingerprint density at radius 2 is 1.62 bits per heavy atom. The first-order valence-corrected chi connectivity index (χ1v) is 7.67. The highest BCUT2D eigenvalue weighted by Gasteiger charge is 2.10. The molecule has 2 N–H and O–H groups in total. The monoisotopic (exact) mass is 316 g/mol. The van der Waals surface area contributed by atoms with Crippen molar-refractivity contribution in [2.75, 3.05) is 7.11 Å². The van der Waals surface area contributed by atoms with Gasteiger partial charge in [0, 0.05) is 10.9 Å². The molecule has 0 bridgehead atoms. The molecule has 0 saturated carbocycles. The van der Waals surface area contributed by atoms with Crippen molar-refractivity contribution in [3.8, 4) is 33.9 Å². The summed E-state index contributed by atoms with van der Waals surface area (Å²) in [5.74, 6) is 0.595. The Morgan fingerprint density at radius 3 is 2.42 bits per heavy atom. The van der Waals surface area contributed by atoms with Crippen molar-refractivity contribution in [1.82, 2.24) is 10.2 Å². The fourth-order valence-electron chi connectivity index (χ4n) is 2.87. The lowest BCUT2D eigenvalue weighted by Gasteiger charge is -2.07. The number of aromatic hydroxyl groups is 1. The van der Waals surface area contributed by atoms with E-state index >= 15 is 0 Å². The second-order valence-electron chi connectivity index (χ2n) is 5.59. The number of aromatic amines is 1. The van der Waals surface area contributed by atoms with Crippen LogP contribution >= 0.6 is 0 Å². The van der Waals surface area contributed by atoms with Crippen LogP contribution in [0, 0.1) is 0 Å². The summed E-state index contributed by atoms with van der Waals surface area (Å²) in [6.45, 7) is 0. The van der Waals surface area contributed by atoms with Crippen molar-refractivity contribution in [2.45, 2.75) is 0 Å². The standard InChI is InChI=1S/C20H16N2O2/c1-24-19-12-15(8-10-18(19)23)14-7-9-16-17(11-14)21-22-20(16)13-5-3-2-4-6-13/h2-12,23H,1H3,(H,21,22). The summed E-state index contributed by atoms with van der Waals surface area (Å²) in [6.07, 6.45) is 0. The molecular formula is C20H16N2O2. The normalized spacial score (nSPS) is 10.9. The summed E-state index contributed by atoms with van der Waals surface area (Å²) in [5, 5.41) is 18.4. The van der Waals surface area contributed by atoms with E-state index in [0.717, 1.165) is 33.3 Å². The van der Waals surface area contributed by atoms with Gasteiger partial charge in [-0.3, -0.25) is 5.10 Å². The number of rotatable bonds is 3. The minimum absolute atomic E-state index is 0.134. The quantitative estimate of drug-likeness (QED) is 0.580. The maximum Gasteiger partial charge on any atom is 0.161 e. The molecule has 0 fully saturated rings. The molecule has 24 heavy (non-hydrogen) atoms. The van der Waals surface area contributed by atoms with E-state index in [1.165, 1.54) is 0 Å². The van der Waals surface area contributed by atoms with Crippen molar-refractivity contribution in [1.29, 1.82) is 0 Å². The molecular weight excluding hydrogens is 300 g/mol. The third-order valence-electron chi connectivity index (χ3n) is 4.12. The van der Waals surface area contributed by atoms with E-state index in [1.807, 2.05) is 42.5 Å². The summed E-state index contributed by atoms with van der Waals surface area (Å²) in [6, 6.07) is 21.6. The molecule has 1 heterocycles. The number of hydrogen-bond donors (Lipinski definition) is 2. The van der Waals surface area contributed by atoms with E-state index in [0.29, 0.717) is 5.75 Å². The summed E-state index contributed by atoms with van der Waals surface area (Å²) in [5.41, 5.74) is 5.01. The molecule has 0 amide bonds. The molecule has 4 aromatic rings. The lowest BCUT2D eigenvalue weighted by molar-refractivity contribution is 0.373. The largest absolute Gasteiger partial charge is 0.504 e. The molecule has 0 unspecified atom stereocenters. The van der Waals surface area contributed by atoms with Crippen LogP contribution in [-0.4, -0.2) is 22.4 Å². The first-order valence-electron chi connectivity index (χ1n) is 7.67. The summed E-state index contributed by atoms with van der Waals surface area (Å²) < 4.78 is 5.19. The molecule has 4 rings (SSSR count). The van der Waals surface area contributed by atoms with Gasteiger partial charge in [-0.1, -0.05) is 42.5 Å². The number of phenols is 1. The number of ether oxygens (including phenoxy) is 1. The van der Waals surface area contributed by atoms with Crippen LogP contribution in [0.5, 0.6) is 11.5 Å². The lowest BCUT2D eigenvalue weighted by Crippen LogP contribution is -1.85. The molecule has 118 valence electrons. The van der Waals surface area contributed by atoms with Gasteiger partial charge in [-0.05, 0) is 35.4 Å². The third kappa shape index (κ3) is 2.38. The maximum atomic E-state index is 9.74. The highest BCUT2D eigenvalue weighted by atomic mass is 16.5. The molecule has 4 nitrogen and oxygen atoms in total. The maximum absolute atomic E-state index is 9.74. The minimum Gasteiger partial charge on any atom is -0.504 e.